The van der Waals surface area contributed by atoms with Gasteiger partial charge in [-0.3, -0.25) is 4.79 Å². The average molecular weight is 520 g/mol. The molecule has 2 fully saturated rings. The van der Waals surface area contributed by atoms with Crippen molar-refractivity contribution in [2.75, 3.05) is 44.2 Å². The van der Waals surface area contributed by atoms with Crippen molar-refractivity contribution in [2.45, 2.75) is 24.0 Å². The van der Waals surface area contributed by atoms with Gasteiger partial charge in [-0.2, -0.15) is 9.29 Å². The lowest BCUT2D eigenvalue weighted by molar-refractivity contribution is -0.137. The van der Waals surface area contributed by atoms with Crippen LogP contribution in [0.3, 0.4) is 0 Å². The average Bonchev–Trinajstić information content (AvgIpc) is 3.54. The fourth-order valence-electron chi connectivity index (χ4n) is 4.59. The molecule has 12 heteroatoms. The van der Waals surface area contributed by atoms with Crippen LogP contribution < -0.4 is 4.90 Å². The van der Waals surface area contributed by atoms with E-state index < -0.39 is 10.0 Å². The molecule has 0 atom stereocenters. The minimum Gasteiger partial charge on any atom is -0.366 e. The molecule has 186 valence electrons. The number of halogens is 1. The Morgan fingerprint density at radius 2 is 1.83 bits per heavy atom. The number of hydrogen-bond donors (Lipinski definition) is 0. The van der Waals surface area contributed by atoms with Crippen LogP contribution in [0, 0.1) is 18.7 Å². The van der Waals surface area contributed by atoms with Crippen LogP contribution in [0.2, 0.25) is 0 Å². The molecule has 0 bridgehead atoms. The second kappa shape index (κ2) is 9.67. The minimum absolute atomic E-state index is 0.0566. The molecule has 1 aromatic carbocycles. The Labute approximate surface area is 207 Å². The number of benzene rings is 1. The minimum atomic E-state index is -3.66. The number of rotatable bonds is 5. The van der Waals surface area contributed by atoms with Gasteiger partial charge in [-0.1, -0.05) is 17.3 Å². The van der Waals surface area contributed by atoms with Gasteiger partial charge in [0.2, 0.25) is 17.6 Å². The molecule has 0 aliphatic carbocycles. The van der Waals surface area contributed by atoms with Crippen LogP contribution in [-0.2, 0) is 14.8 Å². The van der Waals surface area contributed by atoms with E-state index in [0.717, 1.165) is 11.3 Å². The van der Waals surface area contributed by atoms with Gasteiger partial charge in [0.15, 0.2) is 0 Å². The van der Waals surface area contributed by atoms with Crippen LogP contribution in [0.15, 0.2) is 44.4 Å². The number of carbonyl (C=O) groups is 1. The van der Waals surface area contributed by atoms with Crippen molar-refractivity contribution in [1.82, 2.24) is 19.3 Å². The van der Waals surface area contributed by atoms with Crippen LogP contribution in [0.1, 0.15) is 18.7 Å². The first-order chi connectivity index (χ1) is 16.8. The van der Waals surface area contributed by atoms with E-state index in [0.29, 0.717) is 75.1 Å². The highest BCUT2D eigenvalue weighted by Crippen LogP contribution is 2.32. The molecular weight excluding hydrogens is 493 g/mol. The highest BCUT2D eigenvalue weighted by atomic mass is 32.2. The zero-order valence-electron chi connectivity index (χ0n) is 19.3. The summed E-state index contributed by atoms with van der Waals surface area (Å²) in [7, 11) is -3.66. The highest BCUT2D eigenvalue weighted by molar-refractivity contribution is 7.91. The fraction of sp³-hybridized carbons (Fsp3) is 0.435. The van der Waals surface area contributed by atoms with Gasteiger partial charge in [-0.05, 0) is 31.0 Å². The van der Waals surface area contributed by atoms with Crippen molar-refractivity contribution < 1.29 is 22.1 Å². The largest absolute Gasteiger partial charge is 0.366 e. The second-order valence-corrected chi connectivity index (χ2v) is 11.8. The van der Waals surface area contributed by atoms with Gasteiger partial charge in [0, 0.05) is 63.1 Å². The summed E-state index contributed by atoms with van der Waals surface area (Å²) in [5.74, 6) is 0.366. The van der Waals surface area contributed by atoms with Crippen molar-refractivity contribution in [3.8, 4) is 11.4 Å². The molecule has 2 aliphatic heterocycles. The third kappa shape index (κ3) is 4.82. The Bertz CT molecular complexity index is 1310. The van der Waals surface area contributed by atoms with Crippen molar-refractivity contribution in [3.63, 3.8) is 0 Å². The summed E-state index contributed by atoms with van der Waals surface area (Å²) < 4.78 is 47.0. The van der Waals surface area contributed by atoms with Gasteiger partial charge in [0.25, 0.3) is 10.0 Å². The van der Waals surface area contributed by atoms with Crippen LogP contribution in [0.5, 0.6) is 0 Å². The van der Waals surface area contributed by atoms with Gasteiger partial charge >= 0.3 is 0 Å². The number of hydrogen-bond acceptors (Lipinski definition) is 8. The Hall–Kier alpha value is -2.83. The fourth-order valence-corrected chi connectivity index (χ4v) is 7.37. The summed E-state index contributed by atoms with van der Waals surface area (Å²) in [6, 6.07) is 8.23. The molecule has 2 saturated heterocycles. The van der Waals surface area contributed by atoms with Crippen molar-refractivity contribution in [2.24, 2.45) is 5.92 Å². The highest BCUT2D eigenvalue weighted by Gasteiger charge is 2.35. The Balaban J connectivity index is 1.16. The normalized spacial score (nSPS) is 18.2. The summed E-state index contributed by atoms with van der Waals surface area (Å²) in [6.45, 7) is 4.46. The molecule has 1 amide bonds. The topological polar surface area (TPSA) is 99.8 Å². The molecule has 35 heavy (non-hydrogen) atoms. The standard InChI is InChI=1S/C23H26FN5O4S2/c1-16-25-22(26-33-16)18-14-21(34-15-18)35(31,32)29-8-6-17(7-9-29)23(30)28-12-10-27(11-13-28)20-5-3-2-4-19(20)24/h2-5,14-15,17H,6-13H2,1H3. The molecule has 0 saturated carbocycles. The molecule has 9 nitrogen and oxygen atoms in total. The zero-order chi connectivity index (χ0) is 24.6. The summed E-state index contributed by atoms with van der Waals surface area (Å²) in [6.07, 6.45) is 0.960. The maximum atomic E-state index is 14.1. The van der Waals surface area contributed by atoms with Crippen molar-refractivity contribution >= 4 is 33.0 Å². The zero-order valence-corrected chi connectivity index (χ0v) is 20.9. The van der Waals surface area contributed by atoms with E-state index in [4.69, 9.17) is 4.52 Å². The van der Waals surface area contributed by atoms with E-state index in [9.17, 15) is 17.6 Å². The van der Waals surface area contributed by atoms with Gasteiger partial charge in [-0.25, -0.2) is 12.8 Å². The lowest BCUT2D eigenvalue weighted by Gasteiger charge is -2.39. The summed E-state index contributed by atoms with van der Waals surface area (Å²) in [4.78, 5) is 21.0. The van der Waals surface area contributed by atoms with Crippen molar-refractivity contribution in [3.05, 3.63) is 47.4 Å². The van der Waals surface area contributed by atoms with Crippen LogP contribution in [-0.4, -0.2) is 72.9 Å². The number of thiophene rings is 1. The first-order valence-corrected chi connectivity index (χ1v) is 13.8. The van der Waals surface area contributed by atoms with Gasteiger partial charge in [0.1, 0.15) is 10.0 Å². The molecule has 0 N–H and O–H groups in total. The molecule has 5 rings (SSSR count). The number of piperidine rings is 1. The van der Waals surface area contributed by atoms with E-state index in [1.54, 1.807) is 36.6 Å². The lowest BCUT2D eigenvalue weighted by Crippen LogP contribution is -2.52. The van der Waals surface area contributed by atoms with E-state index in [1.807, 2.05) is 9.80 Å². The number of anilines is 1. The summed E-state index contributed by atoms with van der Waals surface area (Å²) in [5, 5.41) is 5.54. The molecule has 0 unspecified atom stereocenters. The van der Waals surface area contributed by atoms with E-state index >= 15 is 0 Å². The third-order valence-corrected chi connectivity index (χ3v) is 9.86. The Kier molecular flexibility index (Phi) is 6.60. The Morgan fingerprint density at radius 1 is 1.11 bits per heavy atom. The smallest absolute Gasteiger partial charge is 0.252 e. The van der Waals surface area contributed by atoms with Crippen LogP contribution >= 0.6 is 11.3 Å². The van der Waals surface area contributed by atoms with Crippen LogP contribution in [0.25, 0.3) is 11.4 Å². The predicted octanol–water partition coefficient (Wildman–Crippen LogP) is 3.00. The molecule has 4 heterocycles. The molecule has 2 aromatic heterocycles. The number of aryl methyl sites for hydroxylation is 1. The van der Waals surface area contributed by atoms with E-state index in [2.05, 4.69) is 10.1 Å². The number of amides is 1. The maximum absolute atomic E-state index is 14.1. The maximum Gasteiger partial charge on any atom is 0.252 e. The molecule has 3 aromatic rings. The van der Waals surface area contributed by atoms with Gasteiger partial charge in [-0.15, -0.1) is 11.3 Å². The Morgan fingerprint density at radius 3 is 2.49 bits per heavy atom. The van der Waals surface area contributed by atoms with Crippen LogP contribution in [0.4, 0.5) is 10.1 Å². The van der Waals surface area contributed by atoms with Gasteiger partial charge in [0.05, 0.1) is 5.69 Å². The monoisotopic (exact) mass is 519 g/mol. The summed E-state index contributed by atoms with van der Waals surface area (Å²) in [5.41, 5.74) is 1.16. The number of nitrogens with zero attached hydrogens (tertiary/aromatic N) is 5. The molecule has 0 radical (unpaired) electrons. The lowest BCUT2D eigenvalue weighted by atomic mass is 9.96. The van der Waals surface area contributed by atoms with Gasteiger partial charge < -0.3 is 14.3 Å². The number of carbonyl (C=O) groups excluding carboxylic acids is 1. The first kappa shape index (κ1) is 23.9. The SMILES string of the molecule is Cc1nc(-c2csc(S(=O)(=O)N3CCC(C(=O)N4CCN(c5ccccc5F)CC4)CC3)c2)no1. The number of piperazine rings is 1. The summed E-state index contributed by atoms with van der Waals surface area (Å²) >= 11 is 1.13. The van der Waals surface area contributed by atoms with E-state index in [-0.39, 0.29) is 21.9 Å². The second-order valence-electron chi connectivity index (χ2n) is 8.73. The predicted molar refractivity (Wildman–Crippen MR) is 129 cm³/mol. The third-order valence-electron chi connectivity index (χ3n) is 6.54. The quantitative estimate of drug-likeness (QED) is 0.511. The van der Waals surface area contributed by atoms with Crippen molar-refractivity contribution in [1.29, 1.82) is 0 Å². The number of para-hydroxylation sites is 1. The number of aromatic nitrogens is 2. The number of sulfonamides is 1. The molecular formula is C23H26FN5O4S2. The molecule has 0 spiro atoms. The van der Waals surface area contributed by atoms with E-state index in [1.165, 1.54) is 10.4 Å². The first-order valence-electron chi connectivity index (χ1n) is 11.5. The molecule has 2 aliphatic rings.